The molecule has 0 aromatic heterocycles. The number of nitrogens with zero attached hydrogens (tertiary/aromatic N) is 2. The monoisotopic (exact) mass is 294 g/mol. The van der Waals surface area contributed by atoms with Crippen LogP contribution in [0.3, 0.4) is 0 Å². The van der Waals surface area contributed by atoms with E-state index in [0.717, 1.165) is 31.9 Å². The van der Waals surface area contributed by atoms with E-state index in [2.05, 4.69) is 45.6 Å². The van der Waals surface area contributed by atoms with Gasteiger partial charge in [-0.25, -0.2) is 0 Å². The fourth-order valence-electron chi connectivity index (χ4n) is 3.67. The molecule has 0 bridgehead atoms. The summed E-state index contributed by atoms with van der Waals surface area (Å²) in [5.41, 5.74) is 0.378. The zero-order valence-corrected chi connectivity index (χ0v) is 14.9. The van der Waals surface area contributed by atoms with E-state index in [1.165, 1.54) is 12.8 Å². The maximum Gasteiger partial charge on any atom is 0.0672 e. The maximum atomic E-state index is 9.56. The van der Waals surface area contributed by atoms with Crippen molar-refractivity contribution in [2.45, 2.75) is 72.4 Å². The lowest BCUT2D eigenvalue weighted by atomic mass is 9.66. The summed E-state index contributed by atoms with van der Waals surface area (Å²) in [6.07, 6.45) is 4.61. The summed E-state index contributed by atoms with van der Waals surface area (Å²) in [7, 11) is 1.75. The van der Waals surface area contributed by atoms with Gasteiger partial charge in [0.1, 0.15) is 0 Å². The summed E-state index contributed by atoms with van der Waals surface area (Å²) in [6, 6.07) is 3.42. The van der Waals surface area contributed by atoms with Crippen molar-refractivity contribution in [3.8, 4) is 6.07 Å². The molecule has 0 spiro atoms. The van der Waals surface area contributed by atoms with Gasteiger partial charge in [0.15, 0.2) is 0 Å². The van der Waals surface area contributed by atoms with Crippen LogP contribution in [0.1, 0.15) is 60.3 Å². The van der Waals surface area contributed by atoms with Crippen LogP contribution in [0.2, 0.25) is 0 Å². The van der Waals surface area contributed by atoms with E-state index in [1.807, 2.05) is 0 Å². The van der Waals surface area contributed by atoms with Crippen LogP contribution in [0.15, 0.2) is 0 Å². The summed E-state index contributed by atoms with van der Waals surface area (Å²) in [6.45, 7) is 13.2. The van der Waals surface area contributed by atoms with Crippen molar-refractivity contribution in [2.75, 3.05) is 20.3 Å². The molecule has 0 aromatic rings. The first-order valence-corrected chi connectivity index (χ1v) is 8.51. The van der Waals surface area contributed by atoms with Gasteiger partial charge in [-0.05, 0) is 44.4 Å². The summed E-state index contributed by atoms with van der Waals surface area (Å²) < 4.78 is 5.27. The molecule has 0 amide bonds. The molecule has 1 aliphatic rings. The minimum Gasteiger partial charge on any atom is -0.383 e. The van der Waals surface area contributed by atoms with Gasteiger partial charge >= 0.3 is 0 Å². The van der Waals surface area contributed by atoms with Gasteiger partial charge < -0.3 is 4.74 Å². The van der Waals surface area contributed by atoms with E-state index in [0.29, 0.717) is 17.5 Å². The van der Waals surface area contributed by atoms with E-state index in [4.69, 9.17) is 4.74 Å². The Morgan fingerprint density at radius 3 is 2.48 bits per heavy atom. The third-order valence-electron chi connectivity index (χ3n) is 5.64. The zero-order chi connectivity index (χ0) is 16.0. The molecule has 0 aliphatic heterocycles. The third kappa shape index (κ3) is 4.69. The van der Waals surface area contributed by atoms with Crippen LogP contribution < -0.4 is 0 Å². The van der Waals surface area contributed by atoms with Crippen molar-refractivity contribution in [1.29, 1.82) is 5.26 Å². The van der Waals surface area contributed by atoms with Crippen molar-refractivity contribution in [2.24, 2.45) is 17.3 Å². The lowest BCUT2D eigenvalue weighted by Gasteiger charge is -2.46. The van der Waals surface area contributed by atoms with Crippen LogP contribution >= 0.6 is 0 Å². The summed E-state index contributed by atoms with van der Waals surface area (Å²) in [4.78, 5) is 2.50. The molecule has 0 heterocycles. The quantitative estimate of drug-likeness (QED) is 0.709. The van der Waals surface area contributed by atoms with Gasteiger partial charge in [-0.2, -0.15) is 5.26 Å². The highest BCUT2D eigenvalue weighted by Crippen LogP contribution is 2.43. The number of methoxy groups -OCH3 is 1. The lowest BCUT2D eigenvalue weighted by molar-refractivity contribution is 0.0209. The molecule has 122 valence electrons. The second kappa shape index (κ2) is 8.15. The molecule has 3 atom stereocenters. The molecular formula is C18H34N2O. The smallest absolute Gasteiger partial charge is 0.0672 e. The van der Waals surface area contributed by atoms with Crippen LogP contribution in [0.4, 0.5) is 0 Å². The first-order valence-electron chi connectivity index (χ1n) is 8.51. The second-order valence-corrected chi connectivity index (χ2v) is 7.48. The van der Waals surface area contributed by atoms with Gasteiger partial charge in [0.25, 0.3) is 0 Å². The van der Waals surface area contributed by atoms with E-state index in [-0.39, 0.29) is 5.92 Å². The van der Waals surface area contributed by atoms with E-state index < -0.39 is 0 Å². The van der Waals surface area contributed by atoms with Crippen molar-refractivity contribution in [1.82, 2.24) is 4.90 Å². The van der Waals surface area contributed by atoms with Crippen molar-refractivity contribution in [3.05, 3.63) is 0 Å². The van der Waals surface area contributed by atoms with Crippen LogP contribution in [0.25, 0.3) is 0 Å². The van der Waals surface area contributed by atoms with Gasteiger partial charge in [-0.3, -0.25) is 4.90 Å². The third-order valence-corrected chi connectivity index (χ3v) is 5.64. The fraction of sp³-hybridized carbons (Fsp3) is 0.944. The van der Waals surface area contributed by atoms with Gasteiger partial charge in [0.2, 0.25) is 0 Å². The molecule has 1 rings (SSSR count). The van der Waals surface area contributed by atoms with Crippen molar-refractivity contribution < 1.29 is 4.74 Å². The standard InChI is InChI=1S/C18H34N2O/c1-7-18(4,5)16-9-8-15(13-19)17(12-16)20(14(2)3)10-11-21-6/h14-17H,7-12H2,1-6H3. The zero-order valence-electron chi connectivity index (χ0n) is 14.9. The van der Waals surface area contributed by atoms with Crippen LogP contribution in [-0.2, 0) is 4.74 Å². The number of nitriles is 1. The normalized spacial score (nSPS) is 27.1. The summed E-state index contributed by atoms with van der Waals surface area (Å²) >= 11 is 0. The second-order valence-electron chi connectivity index (χ2n) is 7.48. The summed E-state index contributed by atoms with van der Waals surface area (Å²) in [5, 5.41) is 9.56. The Hall–Kier alpha value is -0.590. The number of ether oxygens (including phenoxy) is 1. The largest absolute Gasteiger partial charge is 0.383 e. The average molecular weight is 294 g/mol. The van der Waals surface area contributed by atoms with Crippen molar-refractivity contribution in [3.63, 3.8) is 0 Å². The van der Waals surface area contributed by atoms with Gasteiger partial charge in [0, 0.05) is 25.7 Å². The van der Waals surface area contributed by atoms with Crippen LogP contribution in [-0.4, -0.2) is 37.2 Å². The fourth-order valence-corrected chi connectivity index (χ4v) is 3.67. The Morgan fingerprint density at radius 1 is 1.33 bits per heavy atom. The van der Waals surface area contributed by atoms with Gasteiger partial charge in [0.05, 0.1) is 18.6 Å². The Morgan fingerprint density at radius 2 is 2.00 bits per heavy atom. The molecule has 0 aromatic carbocycles. The Balaban J connectivity index is 2.89. The Kier molecular flexibility index (Phi) is 7.16. The molecule has 1 fully saturated rings. The predicted molar refractivity (Wildman–Crippen MR) is 88.0 cm³/mol. The van der Waals surface area contributed by atoms with E-state index in [1.54, 1.807) is 7.11 Å². The molecular weight excluding hydrogens is 260 g/mol. The Labute approximate surface area is 131 Å². The number of hydrogen-bond donors (Lipinski definition) is 0. The summed E-state index contributed by atoms with van der Waals surface area (Å²) in [5.74, 6) is 0.897. The van der Waals surface area contributed by atoms with Crippen LogP contribution in [0, 0.1) is 28.6 Å². The average Bonchev–Trinajstić information content (AvgIpc) is 2.47. The highest BCUT2D eigenvalue weighted by Gasteiger charge is 2.40. The maximum absolute atomic E-state index is 9.56. The molecule has 3 unspecified atom stereocenters. The van der Waals surface area contributed by atoms with Crippen molar-refractivity contribution >= 4 is 0 Å². The molecule has 0 radical (unpaired) electrons. The molecule has 1 aliphatic carbocycles. The minimum atomic E-state index is 0.174. The van der Waals surface area contributed by atoms with E-state index in [9.17, 15) is 5.26 Å². The minimum absolute atomic E-state index is 0.174. The highest BCUT2D eigenvalue weighted by atomic mass is 16.5. The molecule has 0 saturated heterocycles. The topological polar surface area (TPSA) is 36.3 Å². The highest BCUT2D eigenvalue weighted by molar-refractivity contribution is 5.00. The van der Waals surface area contributed by atoms with Gasteiger partial charge in [-0.15, -0.1) is 0 Å². The molecule has 3 nitrogen and oxygen atoms in total. The lowest BCUT2D eigenvalue weighted by Crippen LogP contribution is -2.50. The van der Waals surface area contributed by atoms with Crippen LogP contribution in [0.5, 0.6) is 0 Å². The molecule has 0 N–H and O–H groups in total. The molecule has 1 saturated carbocycles. The molecule has 21 heavy (non-hydrogen) atoms. The predicted octanol–water partition coefficient (Wildman–Crippen LogP) is 4.09. The molecule has 3 heteroatoms. The first-order chi connectivity index (χ1) is 9.87. The Bertz CT molecular complexity index is 346. The van der Waals surface area contributed by atoms with Gasteiger partial charge in [-0.1, -0.05) is 27.2 Å². The van der Waals surface area contributed by atoms with E-state index >= 15 is 0 Å². The first kappa shape index (κ1) is 18.5. The number of rotatable bonds is 7. The number of hydrogen-bond acceptors (Lipinski definition) is 3. The SMILES string of the molecule is CCC(C)(C)C1CCC(C#N)C(N(CCOC)C(C)C)C1.